The molecular weight excluding hydrogens is 286 g/mol. The van der Waals surface area contributed by atoms with Gasteiger partial charge in [0.05, 0.1) is 16.5 Å². The summed E-state index contributed by atoms with van der Waals surface area (Å²) < 4.78 is 27.4. The second-order valence-electron chi connectivity index (χ2n) is 5.63. The normalized spacial score (nSPS) is 21.7. The Morgan fingerprint density at radius 3 is 2.71 bits per heavy atom. The number of aryl methyl sites for hydroxylation is 1. The molecule has 2 N–H and O–H groups in total. The predicted octanol–water partition coefficient (Wildman–Crippen LogP) is 1.76. The minimum absolute atomic E-state index is 0.154. The molecule has 0 unspecified atom stereocenters. The number of hydrogen-bond donors (Lipinski definition) is 1. The molecule has 2 atom stereocenters. The molecule has 1 aromatic rings. The summed E-state index contributed by atoms with van der Waals surface area (Å²) in [6, 6.07) is 6.35. The van der Waals surface area contributed by atoms with Crippen molar-refractivity contribution < 1.29 is 8.42 Å². The van der Waals surface area contributed by atoms with Crippen molar-refractivity contribution in [2.24, 2.45) is 5.73 Å². The lowest BCUT2D eigenvalue weighted by Crippen LogP contribution is -2.51. The lowest BCUT2D eigenvalue weighted by Gasteiger charge is -2.37. The van der Waals surface area contributed by atoms with Gasteiger partial charge in [0.1, 0.15) is 0 Å². The van der Waals surface area contributed by atoms with E-state index in [0.717, 1.165) is 19.3 Å². The molecule has 6 heteroatoms. The molecule has 0 bridgehead atoms. The number of rotatable bonds is 3. The smallest absolute Gasteiger partial charge is 0.243 e. The minimum atomic E-state index is -3.57. The zero-order valence-electron chi connectivity index (χ0n) is 12.4. The van der Waals surface area contributed by atoms with Crippen LogP contribution in [0.5, 0.6) is 0 Å². The molecule has 2 rings (SSSR count). The third-order valence-electron chi connectivity index (χ3n) is 4.00. The van der Waals surface area contributed by atoms with Crippen molar-refractivity contribution >= 4 is 10.0 Å². The van der Waals surface area contributed by atoms with E-state index in [1.165, 1.54) is 10.4 Å². The van der Waals surface area contributed by atoms with Gasteiger partial charge in [-0.05, 0) is 50.5 Å². The Balaban J connectivity index is 2.43. The molecule has 0 radical (unpaired) electrons. The van der Waals surface area contributed by atoms with Crippen LogP contribution in [-0.2, 0) is 10.0 Å². The van der Waals surface area contributed by atoms with Gasteiger partial charge in [-0.2, -0.15) is 9.57 Å². The summed E-state index contributed by atoms with van der Waals surface area (Å²) in [5, 5.41) is 8.89. The molecule has 0 spiro atoms. The standard InChI is InChI=1S/C15H21N3O2S/c1-11-9-13(10-16)6-7-15(11)21(19,20)18-8-4-3-5-14(18)12(2)17/h6-7,9,12,14H,3-5,8,17H2,1-2H3/t12-,14-/m0/s1. The van der Waals surface area contributed by atoms with E-state index in [9.17, 15) is 8.42 Å². The van der Waals surface area contributed by atoms with E-state index in [2.05, 4.69) is 0 Å². The fourth-order valence-corrected chi connectivity index (χ4v) is 4.87. The number of benzene rings is 1. The first-order valence-corrected chi connectivity index (χ1v) is 8.60. The molecule has 1 aliphatic heterocycles. The van der Waals surface area contributed by atoms with Crippen LogP contribution in [0.3, 0.4) is 0 Å². The van der Waals surface area contributed by atoms with E-state index in [0.29, 0.717) is 17.7 Å². The number of hydrogen-bond acceptors (Lipinski definition) is 4. The van der Waals surface area contributed by atoms with Crippen molar-refractivity contribution in [3.05, 3.63) is 29.3 Å². The topological polar surface area (TPSA) is 87.2 Å². The van der Waals surface area contributed by atoms with Crippen molar-refractivity contribution in [3.63, 3.8) is 0 Å². The largest absolute Gasteiger partial charge is 0.326 e. The lowest BCUT2D eigenvalue weighted by atomic mass is 10.00. The van der Waals surface area contributed by atoms with Gasteiger partial charge in [-0.25, -0.2) is 8.42 Å². The number of nitrogens with zero attached hydrogens (tertiary/aromatic N) is 2. The fraction of sp³-hybridized carbons (Fsp3) is 0.533. The van der Waals surface area contributed by atoms with Crippen LogP contribution in [0, 0.1) is 18.3 Å². The molecule has 21 heavy (non-hydrogen) atoms. The molecule has 0 amide bonds. The third kappa shape index (κ3) is 3.10. The lowest BCUT2D eigenvalue weighted by molar-refractivity contribution is 0.227. The SMILES string of the molecule is Cc1cc(C#N)ccc1S(=O)(=O)N1CCCC[C@H]1[C@H](C)N. The van der Waals surface area contributed by atoms with Crippen molar-refractivity contribution in [1.29, 1.82) is 5.26 Å². The summed E-state index contributed by atoms with van der Waals surface area (Å²) in [7, 11) is -3.57. The maximum Gasteiger partial charge on any atom is 0.243 e. The summed E-state index contributed by atoms with van der Waals surface area (Å²) in [5.74, 6) is 0. The van der Waals surface area contributed by atoms with E-state index in [1.807, 2.05) is 13.0 Å². The highest BCUT2D eigenvalue weighted by Gasteiger charge is 2.35. The first kappa shape index (κ1) is 16.0. The average molecular weight is 307 g/mol. The maximum absolute atomic E-state index is 12.9. The van der Waals surface area contributed by atoms with E-state index in [-0.39, 0.29) is 17.0 Å². The van der Waals surface area contributed by atoms with Crippen LogP contribution < -0.4 is 5.73 Å². The molecular formula is C15H21N3O2S. The quantitative estimate of drug-likeness (QED) is 0.921. The fourth-order valence-electron chi connectivity index (χ4n) is 2.89. The monoisotopic (exact) mass is 307 g/mol. The average Bonchev–Trinajstić information content (AvgIpc) is 2.46. The molecule has 5 nitrogen and oxygen atoms in total. The van der Waals surface area contributed by atoms with Crippen molar-refractivity contribution in [2.45, 2.75) is 50.1 Å². The van der Waals surface area contributed by atoms with Gasteiger partial charge in [-0.15, -0.1) is 0 Å². The molecule has 0 aliphatic carbocycles. The van der Waals surface area contributed by atoms with Crippen molar-refractivity contribution in [1.82, 2.24) is 4.31 Å². The van der Waals surface area contributed by atoms with Gasteiger partial charge in [-0.1, -0.05) is 6.42 Å². The molecule has 1 saturated heterocycles. The Labute approximate surface area is 126 Å². The van der Waals surface area contributed by atoms with E-state index < -0.39 is 10.0 Å². The van der Waals surface area contributed by atoms with Crippen molar-refractivity contribution in [3.8, 4) is 6.07 Å². The second-order valence-corrected chi connectivity index (χ2v) is 7.49. The van der Waals surface area contributed by atoms with Gasteiger partial charge < -0.3 is 5.73 Å². The number of sulfonamides is 1. The first-order chi connectivity index (χ1) is 9.87. The second kappa shape index (κ2) is 6.14. The van der Waals surface area contributed by atoms with Crippen LogP contribution in [0.25, 0.3) is 0 Å². The summed E-state index contributed by atoms with van der Waals surface area (Å²) >= 11 is 0. The van der Waals surface area contributed by atoms with E-state index >= 15 is 0 Å². The molecule has 0 saturated carbocycles. The van der Waals surface area contributed by atoms with Crippen LogP contribution in [-0.4, -0.2) is 31.4 Å². The Hall–Kier alpha value is -1.42. The Bertz CT molecular complexity index is 662. The number of nitrogens with two attached hydrogens (primary N) is 1. The number of piperidine rings is 1. The molecule has 0 aromatic heterocycles. The maximum atomic E-state index is 12.9. The summed E-state index contributed by atoms with van der Waals surface area (Å²) in [5.41, 5.74) is 7.03. The van der Waals surface area contributed by atoms with Gasteiger partial charge in [0, 0.05) is 18.6 Å². The highest BCUT2D eigenvalue weighted by atomic mass is 32.2. The van der Waals surface area contributed by atoms with Crippen LogP contribution in [0.15, 0.2) is 23.1 Å². The summed E-state index contributed by atoms with van der Waals surface area (Å²) in [6.07, 6.45) is 2.66. The molecule has 114 valence electrons. The first-order valence-electron chi connectivity index (χ1n) is 7.16. The summed E-state index contributed by atoms with van der Waals surface area (Å²) in [6.45, 7) is 4.08. The van der Waals surface area contributed by atoms with Gasteiger partial charge in [0.25, 0.3) is 0 Å². The Kier molecular flexibility index (Phi) is 4.67. The zero-order valence-corrected chi connectivity index (χ0v) is 13.2. The number of nitriles is 1. The Morgan fingerprint density at radius 2 is 2.14 bits per heavy atom. The minimum Gasteiger partial charge on any atom is -0.326 e. The predicted molar refractivity (Wildman–Crippen MR) is 81.1 cm³/mol. The van der Waals surface area contributed by atoms with Gasteiger partial charge in [0.15, 0.2) is 0 Å². The zero-order chi connectivity index (χ0) is 15.6. The van der Waals surface area contributed by atoms with Crippen LogP contribution in [0.1, 0.15) is 37.3 Å². The van der Waals surface area contributed by atoms with E-state index in [4.69, 9.17) is 11.0 Å². The highest BCUT2D eigenvalue weighted by Crippen LogP contribution is 2.28. The summed E-state index contributed by atoms with van der Waals surface area (Å²) in [4.78, 5) is 0.272. The highest BCUT2D eigenvalue weighted by molar-refractivity contribution is 7.89. The van der Waals surface area contributed by atoms with E-state index in [1.54, 1.807) is 19.1 Å². The third-order valence-corrected chi connectivity index (χ3v) is 6.08. The molecule has 1 heterocycles. The van der Waals surface area contributed by atoms with Gasteiger partial charge in [0.2, 0.25) is 10.0 Å². The Morgan fingerprint density at radius 1 is 1.43 bits per heavy atom. The van der Waals surface area contributed by atoms with Crippen LogP contribution >= 0.6 is 0 Å². The van der Waals surface area contributed by atoms with Gasteiger partial charge in [-0.3, -0.25) is 0 Å². The molecule has 1 aliphatic rings. The molecule has 1 fully saturated rings. The van der Waals surface area contributed by atoms with Crippen LogP contribution in [0.2, 0.25) is 0 Å². The van der Waals surface area contributed by atoms with Gasteiger partial charge >= 0.3 is 0 Å². The van der Waals surface area contributed by atoms with Crippen molar-refractivity contribution in [2.75, 3.05) is 6.54 Å². The molecule has 1 aromatic carbocycles. The van der Waals surface area contributed by atoms with Crippen LogP contribution in [0.4, 0.5) is 0 Å².